The topological polar surface area (TPSA) is 68.3 Å². The molecule has 2 aromatic carbocycles. The van der Waals surface area contributed by atoms with Crippen LogP contribution in [0, 0.1) is 0 Å². The summed E-state index contributed by atoms with van der Waals surface area (Å²) in [5, 5.41) is 3.86. The van der Waals surface area contributed by atoms with E-state index >= 15 is 0 Å². The second-order valence-corrected chi connectivity index (χ2v) is 8.49. The minimum absolute atomic E-state index is 0.157. The molecule has 0 atom stereocenters. The molecule has 5 nitrogen and oxygen atoms in total. The number of aromatic nitrogens is 1. The van der Waals surface area contributed by atoms with Crippen LogP contribution in [-0.4, -0.2) is 29.2 Å². The number of rotatable bonds is 8. The van der Waals surface area contributed by atoms with Crippen LogP contribution in [0.25, 0.3) is 11.3 Å². The number of benzene rings is 2. The lowest BCUT2D eigenvalue weighted by atomic mass is 10.1. The van der Waals surface area contributed by atoms with Crippen LogP contribution in [0.15, 0.2) is 59.5 Å². The van der Waals surface area contributed by atoms with Crippen molar-refractivity contribution in [2.45, 2.75) is 18.2 Å². The summed E-state index contributed by atoms with van der Waals surface area (Å²) in [5.41, 5.74) is 1.31. The van der Waals surface area contributed by atoms with Gasteiger partial charge in [0.1, 0.15) is 4.88 Å². The standard InChI is InChI=1S/C21H19ClN2O3S2/c1-2-27-20(26)19-18(14-6-4-3-5-7-14)24-21(29-19)23-17(25)12-13-28-16-10-8-15(22)9-11-16/h3-11H,2,12-13H2,1H3,(H,23,24,25). The van der Waals surface area contributed by atoms with E-state index in [9.17, 15) is 9.59 Å². The molecule has 0 radical (unpaired) electrons. The summed E-state index contributed by atoms with van der Waals surface area (Å²) in [6.07, 6.45) is 0.322. The van der Waals surface area contributed by atoms with Gasteiger partial charge in [0.25, 0.3) is 0 Å². The van der Waals surface area contributed by atoms with Crippen LogP contribution in [0.1, 0.15) is 23.0 Å². The predicted octanol–water partition coefficient (Wildman–Crippen LogP) is 5.76. The molecule has 0 bridgehead atoms. The quantitative estimate of drug-likeness (QED) is 0.352. The average Bonchev–Trinajstić information content (AvgIpc) is 3.14. The van der Waals surface area contributed by atoms with Crippen molar-refractivity contribution in [3.8, 4) is 11.3 Å². The smallest absolute Gasteiger partial charge is 0.350 e. The van der Waals surface area contributed by atoms with Gasteiger partial charge in [-0.3, -0.25) is 4.79 Å². The number of ether oxygens (including phenoxy) is 1. The zero-order valence-electron chi connectivity index (χ0n) is 15.7. The molecular formula is C21H19ClN2O3S2. The molecule has 0 aliphatic heterocycles. The van der Waals surface area contributed by atoms with Gasteiger partial charge in [-0.1, -0.05) is 53.3 Å². The third-order valence-corrected chi connectivity index (χ3v) is 6.01. The highest BCUT2D eigenvalue weighted by molar-refractivity contribution is 7.99. The van der Waals surface area contributed by atoms with Crippen molar-refractivity contribution in [1.29, 1.82) is 0 Å². The summed E-state index contributed by atoms with van der Waals surface area (Å²) < 4.78 is 5.14. The van der Waals surface area contributed by atoms with E-state index in [1.165, 1.54) is 0 Å². The van der Waals surface area contributed by atoms with E-state index in [-0.39, 0.29) is 12.5 Å². The van der Waals surface area contributed by atoms with Crippen molar-refractivity contribution in [3.05, 3.63) is 64.5 Å². The molecule has 0 aliphatic rings. The van der Waals surface area contributed by atoms with E-state index in [0.29, 0.717) is 32.9 Å². The molecule has 0 spiro atoms. The van der Waals surface area contributed by atoms with Gasteiger partial charge in [-0.25, -0.2) is 9.78 Å². The molecule has 3 aromatic rings. The number of esters is 1. The first kappa shape index (κ1) is 21.4. The zero-order chi connectivity index (χ0) is 20.6. The second kappa shape index (κ2) is 10.4. The summed E-state index contributed by atoms with van der Waals surface area (Å²) in [4.78, 5) is 30.5. The van der Waals surface area contributed by atoms with Crippen LogP contribution in [0.3, 0.4) is 0 Å². The molecule has 1 N–H and O–H groups in total. The first-order chi connectivity index (χ1) is 14.1. The van der Waals surface area contributed by atoms with Gasteiger partial charge in [0.05, 0.1) is 12.3 Å². The molecule has 0 saturated heterocycles. The van der Waals surface area contributed by atoms with E-state index in [1.807, 2.05) is 54.6 Å². The first-order valence-electron chi connectivity index (χ1n) is 8.98. The van der Waals surface area contributed by atoms with Crippen molar-refractivity contribution < 1.29 is 14.3 Å². The fraction of sp³-hybridized carbons (Fsp3) is 0.190. The monoisotopic (exact) mass is 446 g/mol. The van der Waals surface area contributed by atoms with Crippen LogP contribution < -0.4 is 5.32 Å². The van der Waals surface area contributed by atoms with Gasteiger partial charge < -0.3 is 10.1 Å². The molecule has 150 valence electrons. The SMILES string of the molecule is CCOC(=O)c1sc(NC(=O)CCSc2ccc(Cl)cc2)nc1-c1ccccc1. The number of nitrogens with zero attached hydrogens (tertiary/aromatic N) is 1. The Morgan fingerprint density at radius 2 is 1.86 bits per heavy atom. The van der Waals surface area contributed by atoms with Crippen LogP contribution in [0.2, 0.25) is 5.02 Å². The zero-order valence-corrected chi connectivity index (χ0v) is 18.1. The number of amides is 1. The van der Waals surface area contributed by atoms with Crippen molar-refractivity contribution in [1.82, 2.24) is 4.98 Å². The van der Waals surface area contributed by atoms with Gasteiger partial charge in [0.15, 0.2) is 5.13 Å². The van der Waals surface area contributed by atoms with Gasteiger partial charge in [0.2, 0.25) is 5.91 Å². The Bertz CT molecular complexity index is 975. The van der Waals surface area contributed by atoms with E-state index in [4.69, 9.17) is 16.3 Å². The number of carbonyl (C=O) groups excluding carboxylic acids is 2. The van der Waals surface area contributed by atoms with Crippen molar-refractivity contribution >= 4 is 51.7 Å². The van der Waals surface area contributed by atoms with Gasteiger partial charge >= 0.3 is 5.97 Å². The van der Waals surface area contributed by atoms with Gasteiger partial charge in [-0.2, -0.15) is 0 Å². The number of thiazole rings is 1. The van der Waals surface area contributed by atoms with Crippen molar-refractivity contribution in [2.75, 3.05) is 17.7 Å². The Morgan fingerprint density at radius 1 is 1.14 bits per heavy atom. The molecule has 0 aliphatic carbocycles. The molecule has 1 heterocycles. The Morgan fingerprint density at radius 3 is 2.55 bits per heavy atom. The molecule has 3 rings (SSSR count). The van der Waals surface area contributed by atoms with E-state index < -0.39 is 5.97 Å². The minimum atomic E-state index is -0.442. The maximum absolute atomic E-state index is 12.3. The molecule has 29 heavy (non-hydrogen) atoms. The number of carbonyl (C=O) groups is 2. The lowest BCUT2D eigenvalue weighted by Crippen LogP contribution is -2.11. The molecule has 1 aromatic heterocycles. The van der Waals surface area contributed by atoms with Gasteiger partial charge in [-0.15, -0.1) is 11.8 Å². The van der Waals surface area contributed by atoms with Crippen LogP contribution >= 0.6 is 34.7 Å². The first-order valence-corrected chi connectivity index (χ1v) is 11.2. The van der Waals surface area contributed by atoms with E-state index in [1.54, 1.807) is 18.7 Å². The fourth-order valence-corrected chi connectivity index (χ4v) is 4.35. The molecule has 1 amide bonds. The average molecular weight is 447 g/mol. The lowest BCUT2D eigenvalue weighted by molar-refractivity contribution is -0.115. The molecule has 0 saturated carbocycles. The predicted molar refractivity (Wildman–Crippen MR) is 119 cm³/mol. The summed E-state index contributed by atoms with van der Waals surface area (Å²) in [7, 11) is 0. The fourth-order valence-electron chi connectivity index (χ4n) is 2.47. The molecular weight excluding hydrogens is 428 g/mol. The van der Waals surface area contributed by atoms with E-state index in [0.717, 1.165) is 21.8 Å². The Kier molecular flexibility index (Phi) is 7.69. The highest BCUT2D eigenvalue weighted by atomic mass is 35.5. The maximum atomic E-state index is 12.3. The van der Waals surface area contributed by atoms with Crippen molar-refractivity contribution in [2.24, 2.45) is 0 Å². The number of hydrogen-bond acceptors (Lipinski definition) is 6. The summed E-state index contributed by atoms with van der Waals surface area (Å²) in [5.74, 6) is 0.0210. The normalized spacial score (nSPS) is 10.6. The van der Waals surface area contributed by atoms with Crippen LogP contribution in [0.4, 0.5) is 5.13 Å². The largest absolute Gasteiger partial charge is 0.462 e. The molecule has 8 heteroatoms. The Labute approximate surface area is 182 Å². The second-order valence-electron chi connectivity index (χ2n) is 5.88. The third-order valence-electron chi connectivity index (χ3n) is 3.79. The Balaban J connectivity index is 1.66. The highest BCUT2D eigenvalue weighted by Crippen LogP contribution is 2.32. The lowest BCUT2D eigenvalue weighted by Gasteiger charge is -2.02. The maximum Gasteiger partial charge on any atom is 0.350 e. The highest BCUT2D eigenvalue weighted by Gasteiger charge is 2.21. The van der Waals surface area contributed by atoms with Crippen LogP contribution in [-0.2, 0) is 9.53 Å². The summed E-state index contributed by atoms with van der Waals surface area (Å²) >= 11 is 8.57. The van der Waals surface area contributed by atoms with E-state index in [2.05, 4.69) is 10.3 Å². The van der Waals surface area contributed by atoms with Crippen LogP contribution in [0.5, 0.6) is 0 Å². The number of hydrogen-bond donors (Lipinski definition) is 1. The number of nitrogens with one attached hydrogen (secondary N) is 1. The number of anilines is 1. The molecule has 0 fully saturated rings. The summed E-state index contributed by atoms with van der Waals surface area (Å²) in [6.45, 7) is 2.02. The molecule has 0 unspecified atom stereocenters. The Hall–Kier alpha value is -2.35. The van der Waals surface area contributed by atoms with Gasteiger partial charge in [0, 0.05) is 27.7 Å². The number of thioether (sulfide) groups is 1. The van der Waals surface area contributed by atoms with Crippen molar-refractivity contribution in [3.63, 3.8) is 0 Å². The third kappa shape index (κ3) is 6.06. The minimum Gasteiger partial charge on any atom is -0.462 e. The number of halogens is 1. The van der Waals surface area contributed by atoms with Gasteiger partial charge in [-0.05, 0) is 31.2 Å². The summed E-state index contributed by atoms with van der Waals surface area (Å²) in [6, 6.07) is 16.8.